The van der Waals surface area contributed by atoms with Crippen LogP contribution in [0.1, 0.15) is 12.8 Å². The normalized spacial score (nSPS) is 10.7. The van der Waals surface area contributed by atoms with Crippen LogP contribution < -0.4 is 5.32 Å². The van der Waals surface area contributed by atoms with Crippen LogP contribution in [0.3, 0.4) is 0 Å². The molecular weight excluding hydrogens is 237 g/mol. The maximum absolute atomic E-state index is 13.0. The van der Waals surface area contributed by atoms with Crippen molar-refractivity contribution in [1.29, 1.82) is 0 Å². The van der Waals surface area contributed by atoms with Crippen molar-refractivity contribution < 1.29 is 9.31 Å². The van der Waals surface area contributed by atoms with Gasteiger partial charge in [0.2, 0.25) is 0 Å². The van der Waals surface area contributed by atoms with E-state index in [2.05, 4.69) is 10.2 Å². The summed E-state index contributed by atoms with van der Waals surface area (Å²) in [6.45, 7) is 1.56. The molecule has 0 amide bonds. The lowest BCUT2D eigenvalue weighted by Gasteiger charge is -2.10. The average molecular weight is 255 g/mol. The lowest BCUT2D eigenvalue weighted by molar-refractivity contribution is -0.384. The van der Waals surface area contributed by atoms with Crippen molar-refractivity contribution in [1.82, 2.24) is 4.90 Å². The molecule has 1 rings (SSSR count). The molecule has 1 N–H and O–H groups in total. The lowest BCUT2D eigenvalue weighted by atomic mass is 10.2. The minimum atomic E-state index is -0.512. The number of benzene rings is 1. The molecule has 0 atom stereocenters. The molecule has 0 aliphatic carbocycles. The average Bonchev–Trinajstić information content (AvgIpc) is 2.27. The summed E-state index contributed by atoms with van der Waals surface area (Å²) in [6, 6.07) is 3.43. The molecule has 0 bridgehead atoms. The standard InChI is InChI=1S/C12H18FN3O2/c1-15(2)8-4-3-7-14-11-9-10(13)5-6-12(11)16(17)18/h5-6,9,14H,3-4,7-8H2,1-2H3. The fourth-order valence-corrected chi connectivity index (χ4v) is 1.59. The van der Waals surface area contributed by atoms with E-state index in [4.69, 9.17) is 0 Å². The Labute approximate surface area is 106 Å². The van der Waals surface area contributed by atoms with E-state index in [1.54, 1.807) is 0 Å². The van der Waals surface area contributed by atoms with Crippen LogP contribution >= 0.6 is 0 Å². The summed E-state index contributed by atoms with van der Waals surface area (Å²) in [5.74, 6) is -0.476. The molecule has 0 unspecified atom stereocenters. The van der Waals surface area contributed by atoms with Crippen LogP contribution in [0.2, 0.25) is 0 Å². The Balaban J connectivity index is 2.50. The second-order valence-corrected chi connectivity index (χ2v) is 4.36. The molecule has 6 heteroatoms. The van der Waals surface area contributed by atoms with Crippen LogP contribution in [0.25, 0.3) is 0 Å². The first kappa shape index (κ1) is 14.4. The first-order valence-corrected chi connectivity index (χ1v) is 5.83. The van der Waals surface area contributed by atoms with Crippen LogP contribution in [-0.2, 0) is 0 Å². The number of unbranched alkanes of at least 4 members (excludes halogenated alkanes) is 1. The molecular formula is C12H18FN3O2. The van der Waals surface area contributed by atoms with E-state index in [0.717, 1.165) is 31.5 Å². The summed E-state index contributed by atoms with van der Waals surface area (Å²) >= 11 is 0. The molecule has 0 radical (unpaired) electrons. The third-order valence-electron chi connectivity index (χ3n) is 2.50. The number of hydrogen-bond acceptors (Lipinski definition) is 4. The van der Waals surface area contributed by atoms with Gasteiger partial charge in [-0.05, 0) is 39.5 Å². The Morgan fingerprint density at radius 2 is 2.11 bits per heavy atom. The first-order chi connectivity index (χ1) is 8.50. The Hall–Kier alpha value is -1.69. The summed E-state index contributed by atoms with van der Waals surface area (Å²) in [5.41, 5.74) is 0.147. The highest BCUT2D eigenvalue weighted by atomic mass is 19.1. The predicted octanol–water partition coefficient (Wildman–Crippen LogP) is 2.49. The van der Waals surface area contributed by atoms with Gasteiger partial charge in [0, 0.05) is 18.7 Å². The zero-order chi connectivity index (χ0) is 13.5. The number of nitro groups is 1. The van der Waals surface area contributed by atoms with E-state index in [-0.39, 0.29) is 11.4 Å². The maximum atomic E-state index is 13.0. The predicted molar refractivity (Wildman–Crippen MR) is 69.3 cm³/mol. The summed E-state index contributed by atoms with van der Waals surface area (Å²) in [6.07, 6.45) is 1.87. The highest BCUT2D eigenvalue weighted by molar-refractivity contribution is 5.61. The summed E-state index contributed by atoms with van der Waals surface area (Å²) < 4.78 is 13.0. The fourth-order valence-electron chi connectivity index (χ4n) is 1.59. The van der Waals surface area contributed by atoms with Crippen LogP contribution in [-0.4, -0.2) is 37.0 Å². The largest absolute Gasteiger partial charge is 0.379 e. The van der Waals surface area contributed by atoms with Crippen molar-refractivity contribution >= 4 is 11.4 Å². The third-order valence-corrected chi connectivity index (χ3v) is 2.50. The van der Waals surface area contributed by atoms with Gasteiger partial charge in [0.05, 0.1) is 4.92 Å². The van der Waals surface area contributed by atoms with E-state index < -0.39 is 10.7 Å². The van der Waals surface area contributed by atoms with Crippen molar-refractivity contribution in [3.63, 3.8) is 0 Å². The van der Waals surface area contributed by atoms with Gasteiger partial charge in [-0.15, -0.1) is 0 Å². The van der Waals surface area contributed by atoms with Gasteiger partial charge in [-0.3, -0.25) is 10.1 Å². The van der Waals surface area contributed by atoms with Gasteiger partial charge in [0.15, 0.2) is 0 Å². The maximum Gasteiger partial charge on any atom is 0.292 e. The molecule has 1 aromatic carbocycles. The number of halogens is 1. The van der Waals surface area contributed by atoms with Gasteiger partial charge in [0.1, 0.15) is 11.5 Å². The molecule has 1 aromatic rings. The SMILES string of the molecule is CN(C)CCCCNc1cc(F)ccc1[N+](=O)[O-]. The van der Waals surface area contributed by atoms with E-state index in [9.17, 15) is 14.5 Å². The minimum Gasteiger partial charge on any atom is -0.379 e. The molecule has 5 nitrogen and oxygen atoms in total. The second-order valence-electron chi connectivity index (χ2n) is 4.36. The van der Waals surface area contributed by atoms with Crippen molar-refractivity contribution in [3.05, 3.63) is 34.1 Å². The van der Waals surface area contributed by atoms with E-state index in [1.165, 1.54) is 6.07 Å². The Bertz CT molecular complexity index is 410. The topological polar surface area (TPSA) is 58.4 Å². The van der Waals surface area contributed by atoms with Crippen LogP contribution in [0.5, 0.6) is 0 Å². The van der Waals surface area contributed by atoms with Crippen molar-refractivity contribution in [2.75, 3.05) is 32.5 Å². The first-order valence-electron chi connectivity index (χ1n) is 5.83. The molecule has 0 heterocycles. The number of nitro benzene ring substituents is 1. The van der Waals surface area contributed by atoms with E-state index in [1.807, 2.05) is 14.1 Å². The van der Waals surface area contributed by atoms with E-state index >= 15 is 0 Å². The molecule has 0 fully saturated rings. The summed E-state index contributed by atoms with van der Waals surface area (Å²) in [5, 5.41) is 13.7. The molecule has 100 valence electrons. The quantitative estimate of drug-likeness (QED) is 0.462. The number of anilines is 1. The van der Waals surface area contributed by atoms with Crippen molar-refractivity contribution in [3.8, 4) is 0 Å². The van der Waals surface area contributed by atoms with Crippen molar-refractivity contribution in [2.45, 2.75) is 12.8 Å². The molecule has 18 heavy (non-hydrogen) atoms. The Morgan fingerprint density at radius 3 is 2.72 bits per heavy atom. The monoisotopic (exact) mass is 255 g/mol. The lowest BCUT2D eigenvalue weighted by Crippen LogP contribution is -2.14. The Kier molecular flexibility index (Phi) is 5.51. The zero-order valence-corrected chi connectivity index (χ0v) is 10.6. The highest BCUT2D eigenvalue weighted by Crippen LogP contribution is 2.24. The van der Waals surface area contributed by atoms with Gasteiger partial charge in [0.25, 0.3) is 5.69 Å². The fraction of sp³-hybridized carbons (Fsp3) is 0.500. The number of rotatable bonds is 7. The smallest absolute Gasteiger partial charge is 0.292 e. The number of nitrogens with one attached hydrogen (secondary N) is 1. The molecule has 0 saturated carbocycles. The molecule has 0 aliphatic rings. The van der Waals surface area contributed by atoms with Crippen LogP contribution in [0.15, 0.2) is 18.2 Å². The van der Waals surface area contributed by atoms with Gasteiger partial charge in [-0.2, -0.15) is 0 Å². The molecule has 0 aliphatic heterocycles. The second kappa shape index (κ2) is 6.90. The van der Waals surface area contributed by atoms with Crippen molar-refractivity contribution in [2.24, 2.45) is 0 Å². The van der Waals surface area contributed by atoms with Gasteiger partial charge in [-0.1, -0.05) is 0 Å². The number of hydrogen-bond donors (Lipinski definition) is 1. The Morgan fingerprint density at radius 1 is 1.39 bits per heavy atom. The van der Waals surface area contributed by atoms with Gasteiger partial charge < -0.3 is 10.2 Å². The molecule has 0 saturated heterocycles. The van der Waals surface area contributed by atoms with Gasteiger partial charge in [-0.25, -0.2) is 4.39 Å². The summed E-state index contributed by atoms with van der Waals surface area (Å²) in [7, 11) is 3.98. The molecule has 0 aromatic heterocycles. The molecule has 0 spiro atoms. The van der Waals surface area contributed by atoms with Crippen LogP contribution in [0, 0.1) is 15.9 Å². The minimum absolute atomic E-state index is 0.0935. The highest BCUT2D eigenvalue weighted by Gasteiger charge is 2.13. The number of nitrogens with zero attached hydrogens (tertiary/aromatic N) is 2. The van der Waals surface area contributed by atoms with E-state index in [0.29, 0.717) is 6.54 Å². The van der Waals surface area contributed by atoms with Crippen LogP contribution in [0.4, 0.5) is 15.8 Å². The third kappa shape index (κ3) is 4.67. The van der Waals surface area contributed by atoms with Gasteiger partial charge >= 0.3 is 0 Å². The summed E-state index contributed by atoms with van der Waals surface area (Å²) in [4.78, 5) is 12.3. The zero-order valence-electron chi connectivity index (χ0n) is 10.6.